The molecule has 3 aliphatic heterocycles. The van der Waals surface area contributed by atoms with E-state index >= 15 is 0 Å². The highest BCUT2D eigenvalue weighted by Crippen LogP contribution is 2.33. The third-order valence-corrected chi connectivity index (χ3v) is 12.2. The van der Waals surface area contributed by atoms with E-state index in [1.807, 2.05) is 24.3 Å². The number of pyridine rings is 2. The van der Waals surface area contributed by atoms with E-state index in [2.05, 4.69) is 42.5 Å². The molecule has 0 radical (unpaired) electrons. The van der Waals surface area contributed by atoms with Gasteiger partial charge >= 0.3 is 0 Å². The Bertz CT molecular complexity index is 2130. The lowest BCUT2D eigenvalue weighted by atomic mass is 9.90. The van der Waals surface area contributed by atoms with E-state index in [1.165, 1.54) is 6.92 Å². The zero-order valence-corrected chi connectivity index (χ0v) is 31.8. The van der Waals surface area contributed by atoms with Crippen molar-refractivity contribution in [2.45, 2.75) is 96.1 Å². The molecule has 55 heavy (non-hydrogen) atoms. The summed E-state index contributed by atoms with van der Waals surface area (Å²) < 4.78 is 7.91. The molecule has 3 saturated heterocycles. The first-order valence-electron chi connectivity index (χ1n) is 19.9. The summed E-state index contributed by atoms with van der Waals surface area (Å²) in [6.45, 7) is 8.00. The number of carbonyl (C=O) groups is 3. The number of carbonyl (C=O) groups excluding carboxylic acids is 3. The molecular weight excluding hydrogens is 697 g/mol. The summed E-state index contributed by atoms with van der Waals surface area (Å²) in [5.74, 6) is 1.24. The number of hydrogen-bond donors (Lipinski definition) is 2. The van der Waals surface area contributed by atoms with Crippen molar-refractivity contribution in [2.75, 3.05) is 43.0 Å². The molecule has 13 nitrogen and oxygen atoms in total. The molecule has 4 fully saturated rings. The number of Topliss-reactive ketones (excluding diaryl/α,β-unsaturated/α-hetero) is 1. The third kappa shape index (κ3) is 7.85. The van der Waals surface area contributed by atoms with Crippen LogP contribution in [0.25, 0.3) is 11.0 Å². The van der Waals surface area contributed by atoms with Crippen LogP contribution < -0.4 is 25.8 Å². The van der Waals surface area contributed by atoms with Gasteiger partial charge in [-0.2, -0.15) is 4.98 Å². The van der Waals surface area contributed by atoms with Gasteiger partial charge in [0.15, 0.2) is 5.78 Å². The van der Waals surface area contributed by atoms with Gasteiger partial charge in [0.25, 0.3) is 5.56 Å². The Morgan fingerprint density at radius 1 is 0.909 bits per heavy atom. The number of aryl methyl sites for hydroxylation is 1. The Kier molecular flexibility index (Phi) is 10.6. The predicted octanol–water partition coefficient (Wildman–Crippen LogP) is 5.84. The molecule has 1 atom stereocenters. The van der Waals surface area contributed by atoms with Crippen LogP contribution in [0.3, 0.4) is 0 Å². The summed E-state index contributed by atoms with van der Waals surface area (Å²) >= 11 is 0. The number of nitrogens with zero attached hydrogens (tertiary/aromatic N) is 6. The minimum atomic E-state index is -0.270. The predicted molar refractivity (Wildman–Crippen MR) is 210 cm³/mol. The number of aromatic nitrogens is 4. The van der Waals surface area contributed by atoms with Gasteiger partial charge in [-0.1, -0.05) is 25.0 Å². The van der Waals surface area contributed by atoms with Gasteiger partial charge < -0.3 is 19.9 Å². The van der Waals surface area contributed by atoms with Gasteiger partial charge in [0, 0.05) is 48.9 Å². The van der Waals surface area contributed by atoms with Crippen LogP contribution in [0.4, 0.5) is 17.5 Å². The van der Waals surface area contributed by atoms with E-state index in [1.54, 1.807) is 23.9 Å². The molecule has 6 heterocycles. The number of benzene rings is 1. The van der Waals surface area contributed by atoms with Crippen LogP contribution in [0.15, 0.2) is 53.6 Å². The SMILES string of the molecule is CC(=O)c1c(C)c2cnc(Nc3ccc(OCC4CCN(C5CCN(c6cccc(C7CCC(=O)NC7=O)c6)CC5)CC4)cn3)nc2n(C2CCCC2)c1=O. The maximum absolute atomic E-state index is 13.5. The first kappa shape index (κ1) is 36.8. The van der Waals surface area contributed by atoms with E-state index in [-0.39, 0.29) is 40.7 Å². The number of rotatable bonds is 10. The lowest BCUT2D eigenvalue weighted by Gasteiger charge is -2.42. The van der Waals surface area contributed by atoms with Crippen molar-refractivity contribution < 1.29 is 19.1 Å². The minimum Gasteiger partial charge on any atom is -0.492 e. The van der Waals surface area contributed by atoms with Crippen LogP contribution >= 0.6 is 0 Å². The Morgan fingerprint density at radius 2 is 1.69 bits per heavy atom. The topological polar surface area (TPSA) is 152 Å². The van der Waals surface area contributed by atoms with Gasteiger partial charge in [-0.15, -0.1) is 0 Å². The van der Waals surface area contributed by atoms with Crippen molar-refractivity contribution in [3.63, 3.8) is 0 Å². The molecule has 2 amide bonds. The second-order valence-corrected chi connectivity index (χ2v) is 15.7. The molecule has 1 unspecified atom stereocenters. The van der Waals surface area contributed by atoms with Gasteiger partial charge in [-0.05, 0) is 113 Å². The van der Waals surface area contributed by atoms with Crippen molar-refractivity contribution in [1.29, 1.82) is 0 Å². The second kappa shape index (κ2) is 15.9. The summed E-state index contributed by atoms with van der Waals surface area (Å²) in [6.07, 6.45) is 12.6. The summed E-state index contributed by atoms with van der Waals surface area (Å²) in [5, 5.41) is 6.38. The first-order chi connectivity index (χ1) is 26.7. The van der Waals surface area contributed by atoms with Crippen molar-refractivity contribution >= 4 is 46.1 Å². The molecule has 4 aliphatic rings. The highest BCUT2D eigenvalue weighted by molar-refractivity contribution is 6.01. The Labute approximate surface area is 320 Å². The Hall–Kier alpha value is -5.17. The zero-order chi connectivity index (χ0) is 38.1. The van der Waals surface area contributed by atoms with E-state index in [0.29, 0.717) is 65.5 Å². The van der Waals surface area contributed by atoms with Crippen LogP contribution in [-0.4, -0.2) is 80.8 Å². The minimum absolute atomic E-state index is 0.0155. The summed E-state index contributed by atoms with van der Waals surface area (Å²) in [4.78, 5) is 68.9. The van der Waals surface area contributed by atoms with Crippen molar-refractivity contribution in [2.24, 2.45) is 5.92 Å². The molecule has 0 bridgehead atoms. The number of fused-ring (bicyclic) bond motifs is 1. The second-order valence-electron chi connectivity index (χ2n) is 15.7. The molecule has 0 spiro atoms. The zero-order valence-electron chi connectivity index (χ0n) is 31.8. The van der Waals surface area contributed by atoms with Gasteiger partial charge in [0.1, 0.15) is 17.2 Å². The maximum Gasteiger partial charge on any atom is 0.263 e. The van der Waals surface area contributed by atoms with Gasteiger partial charge in [-0.3, -0.25) is 29.1 Å². The molecule has 3 aromatic heterocycles. The van der Waals surface area contributed by atoms with Crippen LogP contribution in [0.2, 0.25) is 0 Å². The number of hydrogen-bond acceptors (Lipinski definition) is 11. The number of likely N-dealkylation sites (tertiary alicyclic amines) is 1. The van der Waals surface area contributed by atoms with Crippen LogP contribution in [0.5, 0.6) is 5.75 Å². The highest BCUT2D eigenvalue weighted by atomic mass is 16.5. The van der Waals surface area contributed by atoms with Crippen LogP contribution in [0, 0.1) is 12.8 Å². The van der Waals surface area contributed by atoms with Crippen LogP contribution in [0.1, 0.15) is 105 Å². The Balaban J connectivity index is 0.815. The monoisotopic (exact) mass is 746 g/mol. The molecule has 288 valence electrons. The molecule has 13 heteroatoms. The maximum atomic E-state index is 13.5. The quantitative estimate of drug-likeness (QED) is 0.149. The van der Waals surface area contributed by atoms with Gasteiger partial charge in [0.2, 0.25) is 17.8 Å². The number of amides is 2. The fourth-order valence-electron chi connectivity index (χ4n) is 9.10. The average molecular weight is 747 g/mol. The van der Waals surface area contributed by atoms with E-state index in [9.17, 15) is 19.2 Å². The lowest BCUT2D eigenvalue weighted by molar-refractivity contribution is -0.134. The molecule has 4 aromatic rings. The smallest absolute Gasteiger partial charge is 0.263 e. The molecule has 1 saturated carbocycles. The number of piperidine rings is 3. The summed E-state index contributed by atoms with van der Waals surface area (Å²) in [7, 11) is 0. The van der Waals surface area contributed by atoms with Crippen molar-refractivity contribution in [1.82, 2.24) is 29.7 Å². The van der Waals surface area contributed by atoms with E-state index in [4.69, 9.17) is 9.72 Å². The molecule has 1 aromatic carbocycles. The molecular formula is C42H50N8O5. The van der Waals surface area contributed by atoms with E-state index in [0.717, 1.165) is 88.8 Å². The number of anilines is 3. The largest absolute Gasteiger partial charge is 0.492 e. The van der Waals surface area contributed by atoms with Gasteiger partial charge in [0.05, 0.1) is 24.3 Å². The molecule has 1 aliphatic carbocycles. The summed E-state index contributed by atoms with van der Waals surface area (Å²) in [6, 6.07) is 12.6. The summed E-state index contributed by atoms with van der Waals surface area (Å²) in [5.41, 5.74) is 3.26. The lowest BCUT2D eigenvalue weighted by Crippen LogP contribution is -2.48. The number of nitrogens with one attached hydrogen (secondary N) is 2. The number of ether oxygens (including phenoxy) is 1. The fourth-order valence-corrected chi connectivity index (χ4v) is 9.10. The van der Waals surface area contributed by atoms with Crippen molar-refractivity contribution in [3.8, 4) is 5.75 Å². The fraction of sp³-hybridized carbons (Fsp3) is 0.500. The van der Waals surface area contributed by atoms with Crippen molar-refractivity contribution in [3.05, 3.63) is 75.8 Å². The number of imide groups is 1. The molecule has 8 rings (SSSR count). The van der Waals surface area contributed by atoms with E-state index < -0.39 is 0 Å². The molecule has 2 N–H and O–H groups in total. The third-order valence-electron chi connectivity index (χ3n) is 12.2. The Morgan fingerprint density at radius 3 is 2.40 bits per heavy atom. The standard InChI is InChI=1S/C42H50N8O5/c1-26-35-24-44-42(47-39(35)50(31-7-3-4-8-31)41(54)38(26)27(2)51)45-36-12-10-33(23-43-36)55-25-28-14-18-48(19-15-28)30-16-20-49(21-17-30)32-9-5-6-29(22-32)34-11-13-37(52)46-40(34)53/h5-6,9-10,12,22-24,28,30-31,34H,3-4,7-8,11,13-21,25H2,1-2H3,(H,46,52,53)(H,43,44,45,47). The normalized spacial score (nSPS) is 20.5. The number of ketones is 1. The van der Waals surface area contributed by atoms with Crippen LogP contribution in [-0.2, 0) is 9.59 Å². The van der Waals surface area contributed by atoms with Gasteiger partial charge in [-0.25, -0.2) is 9.97 Å². The highest BCUT2D eigenvalue weighted by Gasteiger charge is 2.31. The average Bonchev–Trinajstić information content (AvgIpc) is 3.72. The first-order valence-corrected chi connectivity index (χ1v) is 19.9.